The minimum absolute atomic E-state index is 0.0279. The van der Waals surface area contributed by atoms with Crippen LogP contribution in [0, 0.1) is 18.3 Å². The number of aryl methyl sites for hydroxylation is 1. The van der Waals surface area contributed by atoms with E-state index in [1.54, 1.807) is 25.1 Å². The number of carbonyl (C=O) groups is 2. The molecule has 1 aliphatic heterocycles. The van der Waals surface area contributed by atoms with Gasteiger partial charge in [-0.05, 0) is 30.9 Å². The number of benzene rings is 1. The first-order chi connectivity index (χ1) is 9.79. The molecule has 1 saturated heterocycles. The quantitative estimate of drug-likeness (QED) is 0.895. The summed E-state index contributed by atoms with van der Waals surface area (Å²) in [6.45, 7) is 6.05. The van der Waals surface area contributed by atoms with Crippen molar-refractivity contribution >= 4 is 11.9 Å². The Morgan fingerprint density at radius 3 is 2.52 bits per heavy atom. The van der Waals surface area contributed by atoms with E-state index in [1.165, 1.54) is 4.90 Å². The first kappa shape index (κ1) is 15.4. The molecule has 1 unspecified atom stereocenters. The average molecular weight is 291 g/mol. The molecule has 1 amide bonds. The van der Waals surface area contributed by atoms with Crippen molar-refractivity contribution in [1.82, 2.24) is 4.90 Å². The highest BCUT2D eigenvalue weighted by molar-refractivity contribution is 5.98. The molecule has 1 heterocycles. The van der Waals surface area contributed by atoms with Crippen LogP contribution in [0.25, 0.3) is 0 Å². The first-order valence-corrected chi connectivity index (χ1v) is 7.11. The zero-order chi connectivity index (χ0) is 15.8. The molecule has 5 heteroatoms. The lowest BCUT2D eigenvalue weighted by Crippen LogP contribution is -2.40. The van der Waals surface area contributed by atoms with Gasteiger partial charge in [-0.1, -0.05) is 26.0 Å². The van der Waals surface area contributed by atoms with Crippen molar-refractivity contribution in [3.05, 3.63) is 29.3 Å². The lowest BCUT2D eigenvalue weighted by atomic mass is 9.76. The summed E-state index contributed by atoms with van der Waals surface area (Å²) in [5.74, 6) is -1.25. The van der Waals surface area contributed by atoms with E-state index in [1.807, 2.05) is 13.8 Å². The Morgan fingerprint density at radius 1 is 1.33 bits per heavy atom. The van der Waals surface area contributed by atoms with Crippen LogP contribution in [0.1, 0.15) is 36.2 Å². The number of carbonyl (C=O) groups excluding carboxylic acids is 1. The minimum atomic E-state index is -0.894. The number of amides is 1. The highest BCUT2D eigenvalue weighted by Gasteiger charge is 2.48. The number of phenolic OH excluding ortho intramolecular Hbond substituents is 1. The van der Waals surface area contributed by atoms with Crippen molar-refractivity contribution in [2.45, 2.75) is 27.2 Å². The van der Waals surface area contributed by atoms with Crippen molar-refractivity contribution in [3.63, 3.8) is 0 Å². The fourth-order valence-electron chi connectivity index (χ4n) is 2.90. The number of aliphatic carboxylic acids is 1. The third kappa shape index (κ3) is 2.48. The van der Waals surface area contributed by atoms with Gasteiger partial charge in [0.05, 0.1) is 11.0 Å². The average Bonchev–Trinajstić information content (AvgIpc) is 2.87. The molecule has 114 valence electrons. The van der Waals surface area contributed by atoms with E-state index in [9.17, 15) is 19.8 Å². The molecule has 1 aromatic rings. The number of aromatic hydroxyl groups is 1. The summed E-state index contributed by atoms with van der Waals surface area (Å²) in [4.78, 5) is 25.7. The largest absolute Gasteiger partial charge is 0.507 e. The molecular weight excluding hydrogens is 270 g/mol. The van der Waals surface area contributed by atoms with Crippen LogP contribution in [0.2, 0.25) is 0 Å². The van der Waals surface area contributed by atoms with Crippen LogP contribution in [0.15, 0.2) is 18.2 Å². The van der Waals surface area contributed by atoms with Gasteiger partial charge >= 0.3 is 5.97 Å². The summed E-state index contributed by atoms with van der Waals surface area (Å²) in [7, 11) is 0. The Bertz CT molecular complexity index is 582. The third-order valence-corrected chi connectivity index (χ3v) is 4.59. The van der Waals surface area contributed by atoms with Crippen LogP contribution in [0.5, 0.6) is 5.75 Å². The highest BCUT2D eigenvalue weighted by atomic mass is 16.4. The summed E-state index contributed by atoms with van der Waals surface area (Å²) >= 11 is 0. The normalized spacial score (nSPS) is 21.8. The number of hydrogen-bond acceptors (Lipinski definition) is 3. The molecule has 0 spiro atoms. The standard InChI is InChI=1S/C16H21NO4/c1-10(2)16(15(20)21)7-8-17(9-16)14(19)12-6-4-5-11(3)13(12)18/h4-6,10,18H,7-9H2,1-3H3,(H,20,21). The van der Waals surface area contributed by atoms with Gasteiger partial charge in [0.1, 0.15) is 5.75 Å². The van der Waals surface area contributed by atoms with E-state index in [0.29, 0.717) is 18.5 Å². The van der Waals surface area contributed by atoms with Crippen molar-refractivity contribution in [2.75, 3.05) is 13.1 Å². The van der Waals surface area contributed by atoms with Crippen molar-refractivity contribution in [1.29, 1.82) is 0 Å². The van der Waals surface area contributed by atoms with Crippen LogP contribution in [-0.4, -0.2) is 40.1 Å². The van der Waals surface area contributed by atoms with Gasteiger partial charge in [0.25, 0.3) is 5.91 Å². The SMILES string of the molecule is Cc1cccc(C(=O)N2CCC(C(=O)O)(C(C)C)C2)c1O. The Balaban J connectivity index is 2.27. The van der Waals surface area contributed by atoms with Crippen LogP contribution in [0.3, 0.4) is 0 Å². The lowest BCUT2D eigenvalue weighted by Gasteiger charge is -2.28. The fraction of sp³-hybridized carbons (Fsp3) is 0.500. The molecule has 0 bridgehead atoms. The monoisotopic (exact) mass is 291 g/mol. The van der Waals surface area contributed by atoms with Crippen LogP contribution < -0.4 is 0 Å². The molecule has 0 aliphatic carbocycles. The van der Waals surface area contributed by atoms with Crippen LogP contribution >= 0.6 is 0 Å². The van der Waals surface area contributed by atoms with E-state index in [-0.39, 0.29) is 29.7 Å². The second kappa shape index (κ2) is 5.39. The molecule has 5 nitrogen and oxygen atoms in total. The molecule has 2 rings (SSSR count). The molecule has 0 aromatic heterocycles. The van der Waals surface area contributed by atoms with Crippen molar-refractivity contribution < 1.29 is 19.8 Å². The molecule has 21 heavy (non-hydrogen) atoms. The number of nitrogens with zero attached hydrogens (tertiary/aromatic N) is 1. The molecule has 1 fully saturated rings. The fourth-order valence-corrected chi connectivity index (χ4v) is 2.90. The number of likely N-dealkylation sites (tertiary alicyclic amines) is 1. The van der Waals surface area contributed by atoms with E-state index in [2.05, 4.69) is 0 Å². The molecule has 1 atom stereocenters. The van der Waals surface area contributed by atoms with Gasteiger partial charge in [0.2, 0.25) is 0 Å². The Hall–Kier alpha value is -2.04. The summed E-state index contributed by atoms with van der Waals surface area (Å²) in [5, 5.41) is 19.5. The number of phenols is 1. The van der Waals surface area contributed by atoms with E-state index >= 15 is 0 Å². The number of carboxylic acids is 1. The summed E-state index contributed by atoms with van der Waals surface area (Å²) in [6, 6.07) is 5.01. The molecule has 1 aliphatic rings. The van der Waals surface area contributed by atoms with Gasteiger partial charge in [0.15, 0.2) is 0 Å². The highest BCUT2D eigenvalue weighted by Crippen LogP contribution is 2.39. The maximum absolute atomic E-state index is 12.5. The van der Waals surface area contributed by atoms with Gasteiger partial charge in [0, 0.05) is 13.1 Å². The molecular formula is C16H21NO4. The van der Waals surface area contributed by atoms with Crippen molar-refractivity contribution in [2.24, 2.45) is 11.3 Å². The second-order valence-electron chi connectivity index (χ2n) is 6.06. The van der Waals surface area contributed by atoms with Gasteiger partial charge in [-0.2, -0.15) is 0 Å². The van der Waals surface area contributed by atoms with Gasteiger partial charge in [-0.15, -0.1) is 0 Å². The maximum atomic E-state index is 12.5. The number of carboxylic acid groups (broad SMARTS) is 1. The molecule has 1 aromatic carbocycles. The topological polar surface area (TPSA) is 77.8 Å². The molecule has 2 N–H and O–H groups in total. The van der Waals surface area contributed by atoms with Crippen molar-refractivity contribution in [3.8, 4) is 5.75 Å². The van der Waals surface area contributed by atoms with Gasteiger partial charge in [-0.3, -0.25) is 9.59 Å². The predicted molar refractivity (Wildman–Crippen MR) is 78.3 cm³/mol. The minimum Gasteiger partial charge on any atom is -0.507 e. The Morgan fingerprint density at radius 2 is 2.00 bits per heavy atom. The summed E-state index contributed by atoms with van der Waals surface area (Å²) in [5.41, 5.74) is -0.0249. The van der Waals surface area contributed by atoms with E-state index in [4.69, 9.17) is 0 Å². The summed E-state index contributed by atoms with van der Waals surface area (Å²) in [6.07, 6.45) is 0.443. The lowest BCUT2D eigenvalue weighted by molar-refractivity contribution is -0.150. The third-order valence-electron chi connectivity index (χ3n) is 4.59. The Labute approximate surface area is 124 Å². The van der Waals surface area contributed by atoms with Gasteiger partial charge in [-0.25, -0.2) is 0 Å². The zero-order valence-electron chi connectivity index (χ0n) is 12.6. The van der Waals surface area contributed by atoms with E-state index in [0.717, 1.165) is 0 Å². The van der Waals surface area contributed by atoms with Gasteiger partial charge < -0.3 is 15.1 Å². The summed E-state index contributed by atoms with van der Waals surface area (Å²) < 4.78 is 0. The molecule has 0 radical (unpaired) electrons. The van der Waals surface area contributed by atoms with Crippen LogP contribution in [0.4, 0.5) is 0 Å². The molecule has 0 saturated carbocycles. The second-order valence-corrected chi connectivity index (χ2v) is 6.06. The maximum Gasteiger partial charge on any atom is 0.311 e. The zero-order valence-corrected chi connectivity index (χ0v) is 12.6. The Kier molecular flexibility index (Phi) is 3.94. The first-order valence-electron chi connectivity index (χ1n) is 7.11. The smallest absolute Gasteiger partial charge is 0.311 e. The number of hydrogen-bond donors (Lipinski definition) is 2. The number of para-hydroxylation sites is 1. The van der Waals surface area contributed by atoms with Crippen LogP contribution in [-0.2, 0) is 4.79 Å². The predicted octanol–water partition coefficient (Wildman–Crippen LogP) is 2.27. The van der Waals surface area contributed by atoms with E-state index < -0.39 is 11.4 Å². The number of rotatable bonds is 3.